The van der Waals surface area contributed by atoms with Crippen LogP contribution in [-0.2, 0) is 11.2 Å². The first-order valence-electron chi connectivity index (χ1n) is 4.34. The first-order valence-corrected chi connectivity index (χ1v) is 4.34. The number of halogens is 2. The highest BCUT2D eigenvalue weighted by molar-refractivity contribution is 5.36. The predicted octanol–water partition coefficient (Wildman–Crippen LogP) is 1.91. The van der Waals surface area contributed by atoms with Crippen LogP contribution >= 0.6 is 0 Å². The van der Waals surface area contributed by atoms with E-state index in [1.165, 1.54) is 13.2 Å². The number of ether oxygens (including phenoxy) is 2. The number of methoxy groups -OCH3 is 1. The first kappa shape index (κ1) is 9.40. The third-order valence-electron chi connectivity index (χ3n) is 2.14. The zero-order chi connectivity index (χ0) is 10.1. The summed E-state index contributed by atoms with van der Waals surface area (Å²) in [7, 11) is 1.37. The fourth-order valence-electron chi connectivity index (χ4n) is 1.43. The quantitative estimate of drug-likeness (QED) is 0.695. The lowest BCUT2D eigenvalue weighted by molar-refractivity contribution is 0.370. The van der Waals surface area contributed by atoms with Crippen molar-refractivity contribution >= 4 is 0 Å². The maximum absolute atomic E-state index is 13.2. The standard InChI is InChI=1S/C10H10F2O2/c1-13-10-6(3-8-5-14-8)2-7(11)4-9(10)12/h2,4,8H,3,5H2,1H3. The fraction of sp³-hybridized carbons (Fsp3) is 0.400. The van der Waals surface area contributed by atoms with E-state index in [0.29, 0.717) is 18.6 Å². The summed E-state index contributed by atoms with van der Waals surface area (Å²) in [4.78, 5) is 0. The number of epoxide rings is 1. The van der Waals surface area contributed by atoms with Gasteiger partial charge >= 0.3 is 0 Å². The summed E-state index contributed by atoms with van der Waals surface area (Å²) < 4.78 is 35.9. The maximum atomic E-state index is 13.2. The third-order valence-corrected chi connectivity index (χ3v) is 2.14. The number of benzene rings is 1. The van der Waals surface area contributed by atoms with Crippen molar-refractivity contribution in [1.29, 1.82) is 0 Å². The summed E-state index contributed by atoms with van der Waals surface area (Å²) in [6.07, 6.45) is 0.586. The highest BCUT2D eigenvalue weighted by atomic mass is 19.1. The number of rotatable bonds is 3. The van der Waals surface area contributed by atoms with Gasteiger partial charge in [-0.25, -0.2) is 8.78 Å². The van der Waals surface area contributed by atoms with E-state index < -0.39 is 11.6 Å². The Morgan fingerprint density at radius 2 is 2.21 bits per heavy atom. The molecule has 1 unspecified atom stereocenters. The molecular weight excluding hydrogens is 190 g/mol. The molecule has 14 heavy (non-hydrogen) atoms. The van der Waals surface area contributed by atoms with E-state index in [4.69, 9.17) is 9.47 Å². The van der Waals surface area contributed by atoms with Crippen molar-refractivity contribution < 1.29 is 18.3 Å². The largest absolute Gasteiger partial charge is 0.493 e. The van der Waals surface area contributed by atoms with Crippen LogP contribution < -0.4 is 4.74 Å². The summed E-state index contributed by atoms with van der Waals surface area (Å²) in [5.41, 5.74) is 0.521. The molecule has 1 aromatic carbocycles. The summed E-state index contributed by atoms with van der Waals surface area (Å²) in [6.45, 7) is 0.654. The second-order valence-electron chi connectivity index (χ2n) is 3.24. The Balaban J connectivity index is 2.33. The average Bonchev–Trinajstić information content (AvgIpc) is 2.87. The first-order chi connectivity index (χ1) is 6.70. The van der Waals surface area contributed by atoms with Crippen LogP contribution in [0.1, 0.15) is 5.56 Å². The zero-order valence-corrected chi connectivity index (χ0v) is 7.72. The molecule has 0 N–H and O–H groups in total. The summed E-state index contributed by atoms with van der Waals surface area (Å²) >= 11 is 0. The van der Waals surface area contributed by atoms with Crippen LogP contribution in [0.25, 0.3) is 0 Å². The van der Waals surface area contributed by atoms with Gasteiger partial charge in [-0.2, -0.15) is 0 Å². The molecule has 2 nitrogen and oxygen atoms in total. The molecule has 0 saturated carbocycles. The second kappa shape index (κ2) is 3.53. The maximum Gasteiger partial charge on any atom is 0.168 e. The molecule has 0 radical (unpaired) electrons. The molecule has 0 amide bonds. The minimum Gasteiger partial charge on any atom is -0.493 e. The van der Waals surface area contributed by atoms with Gasteiger partial charge in [0, 0.05) is 18.1 Å². The van der Waals surface area contributed by atoms with Crippen LogP contribution in [0.3, 0.4) is 0 Å². The second-order valence-corrected chi connectivity index (χ2v) is 3.24. The van der Waals surface area contributed by atoms with Gasteiger partial charge in [0.15, 0.2) is 11.6 Å². The lowest BCUT2D eigenvalue weighted by atomic mass is 10.1. The van der Waals surface area contributed by atoms with Crippen LogP contribution in [0, 0.1) is 11.6 Å². The van der Waals surface area contributed by atoms with Crippen molar-refractivity contribution in [3.63, 3.8) is 0 Å². The molecule has 0 aliphatic carbocycles. The predicted molar refractivity (Wildman–Crippen MR) is 46.4 cm³/mol. The fourth-order valence-corrected chi connectivity index (χ4v) is 1.43. The van der Waals surface area contributed by atoms with Crippen molar-refractivity contribution in [2.24, 2.45) is 0 Å². The van der Waals surface area contributed by atoms with Crippen LogP contribution in [0.15, 0.2) is 12.1 Å². The molecule has 1 aliphatic rings. The Bertz CT molecular complexity index is 348. The number of hydrogen-bond donors (Lipinski definition) is 0. The summed E-state index contributed by atoms with van der Waals surface area (Å²) in [5, 5.41) is 0. The smallest absolute Gasteiger partial charge is 0.168 e. The van der Waals surface area contributed by atoms with E-state index >= 15 is 0 Å². The Kier molecular flexibility index (Phi) is 2.37. The van der Waals surface area contributed by atoms with Crippen LogP contribution in [-0.4, -0.2) is 19.8 Å². The van der Waals surface area contributed by atoms with Crippen LogP contribution in [0.4, 0.5) is 8.78 Å². The molecule has 1 aromatic rings. The highest BCUT2D eigenvalue weighted by Gasteiger charge is 2.25. The SMILES string of the molecule is COc1c(F)cc(F)cc1CC1CO1. The molecular formula is C10H10F2O2. The molecule has 4 heteroatoms. The van der Waals surface area contributed by atoms with Crippen molar-refractivity contribution in [1.82, 2.24) is 0 Å². The van der Waals surface area contributed by atoms with Gasteiger partial charge in [-0.1, -0.05) is 0 Å². The Hall–Kier alpha value is -1.16. The van der Waals surface area contributed by atoms with Gasteiger partial charge in [-0.3, -0.25) is 0 Å². The monoisotopic (exact) mass is 200 g/mol. The van der Waals surface area contributed by atoms with Crippen molar-refractivity contribution in [3.8, 4) is 5.75 Å². The van der Waals surface area contributed by atoms with Gasteiger partial charge in [-0.15, -0.1) is 0 Å². The van der Waals surface area contributed by atoms with Gasteiger partial charge in [-0.05, 0) is 6.07 Å². The zero-order valence-electron chi connectivity index (χ0n) is 7.72. The Labute approximate surface area is 80.4 Å². The van der Waals surface area contributed by atoms with Crippen LogP contribution in [0.5, 0.6) is 5.75 Å². The van der Waals surface area contributed by atoms with Gasteiger partial charge in [0.25, 0.3) is 0 Å². The van der Waals surface area contributed by atoms with Crippen molar-refractivity contribution in [2.75, 3.05) is 13.7 Å². The molecule has 1 fully saturated rings. The molecule has 0 aromatic heterocycles. The van der Waals surface area contributed by atoms with E-state index in [9.17, 15) is 8.78 Å². The molecule has 1 saturated heterocycles. The molecule has 1 aliphatic heterocycles. The molecule has 1 atom stereocenters. The molecule has 0 bridgehead atoms. The van der Waals surface area contributed by atoms with Gasteiger partial charge in [0.2, 0.25) is 0 Å². The van der Waals surface area contributed by atoms with E-state index in [-0.39, 0.29) is 11.9 Å². The topological polar surface area (TPSA) is 21.8 Å². The minimum absolute atomic E-state index is 0.0881. The van der Waals surface area contributed by atoms with Gasteiger partial charge in [0.05, 0.1) is 19.8 Å². The van der Waals surface area contributed by atoms with Crippen LogP contribution in [0.2, 0.25) is 0 Å². The normalized spacial score (nSPS) is 19.5. The van der Waals surface area contributed by atoms with Gasteiger partial charge < -0.3 is 9.47 Å². The number of hydrogen-bond acceptors (Lipinski definition) is 2. The lowest BCUT2D eigenvalue weighted by Crippen LogP contribution is -2.00. The van der Waals surface area contributed by atoms with E-state index in [1.54, 1.807) is 0 Å². The Morgan fingerprint density at radius 3 is 2.79 bits per heavy atom. The van der Waals surface area contributed by atoms with Crippen molar-refractivity contribution in [2.45, 2.75) is 12.5 Å². The lowest BCUT2D eigenvalue weighted by Gasteiger charge is -2.08. The molecule has 0 spiro atoms. The third kappa shape index (κ3) is 1.85. The molecule has 1 heterocycles. The van der Waals surface area contributed by atoms with Crippen molar-refractivity contribution in [3.05, 3.63) is 29.3 Å². The Morgan fingerprint density at radius 1 is 1.50 bits per heavy atom. The average molecular weight is 200 g/mol. The van der Waals surface area contributed by atoms with E-state index in [0.717, 1.165) is 6.07 Å². The molecule has 76 valence electrons. The minimum atomic E-state index is -0.664. The molecule has 2 rings (SSSR count). The summed E-state index contributed by atoms with van der Waals surface area (Å²) in [6, 6.07) is 2.10. The van der Waals surface area contributed by atoms with E-state index in [1.807, 2.05) is 0 Å². The summed E-state index contributed by atoms with van der Waals surface area (Å²) in [5.74, 6) is -1.14. The van der Waals surface area contributed by atoms with Gasteiger partial charge in [0.1, 0.15) is 5.82 Å². The highest BCUT2D eigenvalue weighted by Crippen LogP contribution is 2.27. The van der Waals surface area contributed by atoms with E-state index in [2.05, 4.69) is 0 Å².